The molecule has 0 amide bonds. The molecule has 0 N–H and O–H groups in total. The molecular formula is C12H17FIN. The minimum atomic E-state index is -0.0978. The molecule has 1 nitrogen and oxygen atoms in total. The summed E-state index contributed by atoms with van der Waals surface area (Å²) in [5.41, 5.74) is 1.74. The zero-order valence-corrected chi connectivity index (χ0v) is 11.4. The van der Waals surface area contributed by atoms with E-state index in [1.165, 1.54) is 10.8 Å². The van der Waals surface area contributed by atoms with Gasteiger partial charge in [0.05, 0.1) is 0 Å². The Balaban J connectivity index is 0.000000337. The smallest absolute Gasteiger partial charge is 0.128 e. The van der Waals surface area contributed by atoms with Crippen molar-refractivity contribution < 1.29 is 4.39 Å². The Bertz CT molecular complexity index is 310. The van der Waals surface area contributed by atoms with Crippen molar-refractivity contribution in [2.75, 3.05) is 22.4 Å². The second kappa shape index (κ2) is 6.30. The van der Waals surface area contributed by atoms with Crippen molar-refractivity contribution in [2.45, 2.75) is 20.3 Å². The molecule has 0 bridgehead atoms. The van der Waals surface area contributed by atoms with E-state index in [9.17, 15) is 4.39 Å². The Morgan fingerprint density at radius 2 is 2.00 bits per heavy atom. The third-order valence-electron chi connectivity index (χ3n) is 2.38. The minimum absolute atomic E-state index is 0.0978. The van der Waals surface area contributed by atoms with Gasteiger partial charge in [-0.1, -0.05) is 35.6 Å². The van der Waals surface area contributed by atoms with Crippen LogP contribution < -0.4 is 4.90 Å². The third-order valence-corrected chi connectivity index (χ3v) is 2.38. The van der Waals surface area contributed by atoms with Gasteiger partial charge >= 0.3 is 0 Å². The quantitative estimate of drug-likeness (QED) is 0.562. The van der Waals surface area contributed by atoms with Crippen molar-refractivity contribution in [3.05, 3.63) is 29.6 Å². The van der Waals surface area contributed by atoms with Crippen LogP contribution in [0.4, 0.5) is 10.1 Å². The summed E-state index contributed by atoms with van der Waals surface area (Å²) in [6.45, 7) is 6.04. The van der Waals surface area contributed by atoms with Crippen LogP contribution in [-0.2, 0) is 0 Å². The van der Waals surface area contributed by atoms with Gasteiger partial charge in [0.1, 0.15) is 5.82 Å². The van der Waals surface area contributed by atoms with Crippen molar-refractivity contribution in [1.82, 2.24) is 0 Å². The van der Waals surface area contributed by atoms with Crippen LogP contribution in [-0.4, -0.2) is 17.5 Å². The Morgan fingerprint density at radius 3 is 2.40 bits per heavy atom. The number of nitrogens with zero attached hydrogens (tertiary/aromatic N) is 1. The summed E-state index contributed by atoms with van der Waals surface area (Å²) in [6.07, 6.45) is 1.23. The van der Waals surface area contributed by atoms with Gasteiger partial charge in [-0.15, -0.1) is 0 Å². The first-order valence-corrected chi connectivity index (χ1v) is 6.78. The van der Waals surface area contributed by atoms with Crippen LogP contribution in [0.1, 0.15) is 18.9 Å². The highest BCUT2D eigenvalue weighted by Gasteiger charge is 2.14. The van der Waals surface area contributed by atoms with Crippen LogP contribution in [0, 0.1) is 12.7 Å². The van der Waals surface area contributed by atoms with Crippen molar-refractivity contribution in [1.29, 1.82) is 0 Å². The fourth-order valence-electron chi connectivity index (χ4n) is 1.35. The topological polar surface area (TPSA) is 3.24 Å². The van der Waals surface area contributed by atoms with Crippen LogP contribution >= 0.6 is 22.6 Å². The van der Waals surface area contributed by atoms with E-state index in [-0.39, 0.29) is 5.82 Å². The van der Waals surface area contributed by atoms with Gasteiger partial charge in [-0.25, -0.2) is 4.39 Å². The summed E-state index contributed by atoms with van der Waals surface area (Å²) in [5, 5.41) is 0. The van der Waals surface area contributed by atoms with E-state index in [0.717, 1.165) is 24.3 Å². The Labute approximate surface area is 105 Å². The van der Waals surface area contributed by atoms with E-state index in [0.29, 0.717) is 0 Å². The summed E-state index contributed by atoms with van der Waals surface area (Å²) < 4.78 is 14.3. The molecule has 0 spiro atoms. The molecule has 1 aliphatic rings. The monoisotopic (exact) mass is 321 g/mol. The van der Waals surface area contributed by atoms with E-state index < -0.39 is 0 Å². The number of hydrogen-bond donors (Lipinski definition) is 0. The SMILES string of the molecule is CCI.Cc1ccc(N2CCC2)cc1F. The first-order chi connectivity index (χ1) is 7.19. The first-order valence-electron chi connectivity index (χ1n) is 5.26. The molecule has 1 saturated heterocycles. The van der Waals surface area contributed by atoms with Gasteiger partial charge in [0, 0.05) is 18.8 Å². The molecule has 0 radical (unpaired) electrons. The van der Waals surface area contributed by atoms with Crippen molar-refractivity contribution in [3.63, 3.8) is 0 Å². The number of aryl methyl sites for hydroxylation is 1. The van der Waals surface area contributed by atoms with Crippen LogP contribution in [0.25, 0.3) is 0 Å². The largest absolute Gasteiger partial charge is 0.371 e. The normalized spacial score (nSPS) is 14.0. The van der Waals surface area contributed by atoms with Gasteiger partial charge in [-0.2, -0.15) is 0 Å². The third kappa shape index (κ3) is 3.63. The van der Waals surface area contributed by atoms with Gasteiger partial charge < -0.3 is 4.90 Å². The fraction of sp³-hybridized carbons (Fsp3) is 0.500. The lowest BCUT2D eigenvalue weighted by molar-refractivity contribution is 0.599. The van der Waals surface area contributed by atoms with Crippen LogP contribution in [0.15, 0.2) is 18.2 Å². The number of hydrogen-bond acceptors (Lipinski definition) is 1. The van der Waals surface area contributed by atoms with E-state index >= 15 is 0 Å². The average molecular weight is 321 g/mol. The molecule has 0 saturated carbocycles. The lowest BCUT2D eigenvalue weighted by Gasteiger charge is -2.33. The minimum Gasteiger partial charge on any atom is -0.371 e. The fourth-order valence-corrected chi connectivity index (χ4v) is 1.35. The molecule has 1 heterocycles. The second-order valence-corrected chi connectivity index (χ2v) is 5.07. The molecule has 1 aliphatic heterocycles. The zero-order valence-electron chi connectivity index (χ0n) is 9.26. The highest BCUT2D eigenvalue weighted by Crippen LogP contribution is 2.22. The van der Waals surface area contributed by atoms with Gasteiger partial charge in [0.2, 0.25) is 0 Å². The highest BCUT2D eigenvalue weighted by molar-refractivity contribution is 14.1. The molecule has 1 aromatic carbocycles. The van der Waals surface area contributed by atoms with Gasteiger partial charge in [-0.3, -0.25) is 0 Å². The van der Waals surface area contributed by atoms with E-state index in [1.54, 1.807) is 13.0 Å². The predicted octanol–water partition coefficient (Wildman–Crippen LogP) is 3.79. The highest BCUT2D eigenvalue weighted by atomic mass is 127. The van der Waals surface area contributed by atoms with Crippen LogP contribution in [0.2, 0.25) is 0 Å². The molecule has 0 unspecified atom stereocenters. The van der Waals surface area contributed by atoms with Gasteiger partial charge in [0.25, 0.3) is 0 Å². The summed E-state index contributed by atoms with van der Waals surface area (Å²) in [7, 11) is 0. The Hall–Kier alpha value is -0.320. The Morgan fingerprint density at radius 1 is 1.40 bits per heavy atom. The van der Waals surface area contributed by atoms with Crippen molar-refractivity contribution in [3.8, 4) is 0 Å². The Kier molecular flexibility index (Phi) is 5.36. The maximum Gasteiger partial charge on any atom is 0.128 e. The molecule has 0 atom stereocenters. The van der Waals surface area contributed by atoms with E-state index in [2.05, 4.69) is 34.4 Å². The molecule has 0 aliphatic carbocycles. The molecule has 2 rings (SSSR count). The molecular weight excluding hydrogens is 304 g/mol. The summed E-state index contributed by atoms with van der Waals surface area (Å²) in [5.74, 6) is -0.0978. The molecule has 1 fully saturated rings. The number of alkyl halides is 1. The van der Waals surface area contributed by atoms with Gasteiger partial charge in [0.15, 0.2) is 0 Å². The second-order valence-electron chi connectivity index (χ2n) is 3.54. The van der Waals surface area contributed by atoms with Crippen LogP contribution in [0.5, 0.6) is 0 Å². The predicted molar refractivity (Wildman–Crippen MR) is 72.5 cm³/mol. The van der Waals surface area contributed by atoms with Crippen molar-refractivity contribution in [2.24, 2.45) is 0 Å². The van der Waals surface area contributed by atoms with Crippen LogP contribution in [0.3, 0.4) is 0 Å². The number of rotatable bonds is 1. The zero-order chi connectivity index (χ0) is 11.3. The molecule has 0 aromatic heterocycles. The summed E-state index contributed by atoms with van der Waals surface area (Å²) in [6, 6.07) is 5.44. The standard InChI is InChI=1S/C10H12FN.C2H5I/c1-8-3-4-9(7-10(8)11)12-5-2-6-12;1-2-3/h3-4,7H,2,5-6H2,1H3;2H2,1H3. The molecule has 3 heteroatoms. The van der Waals surface area contributed by atoms with Gasteiger partial charge in [-0.05, 0) is 35.5 Å². The lowest BCUT2D eigenvalue weighted by Crippen LogP contribution is -2.36. The number of benzene rings is 1. The summed E-state index contributed by atoms with van der Waals surface area (Å²) >= 11 is 2.29. The first kappa shape index (κ1) is 12.7. The molecule has 1 aromatic rings. The van der Waals surface area contributed by atoms with Crippen molar-refractivity contribution >= 4 is 28.3 Å². The maximum absolute atomic E-state index is 13.1. The average Bonchev–Trinajstić information content (AvgIpc) is 2.10. The maximum atomic E-state index is 13.1. The number of anilines is 1. The summed E-state index contributed by atoms with van der Waals surface area (Å²) in [4.78, 5) is 2.18. The number of halogens is 2. The lowest BCUT2D eigenvalue weighted by atomic mass is 10.1. The van der Waals surface area contributed by atoms with E-state index in [4.69, 9.17) is 0 Å². The molecule has 84 valence electrons. The molecule has 15 heavy (non-hydrogen) atoms. The van der Waals surface area contributed by atoms with E-state index in [1.807, 2.05) is 12.1 Å².